The van der Waals surface area contributed by atoms with Crippen molar-refractivity contribution in [3.05, 3.63) is 106 Å². The third kappa shape index (κ3) is 2.13. The fourth-order valence-electron chi connectivity index (χ4n) is 4.44. The van der Waals surface area contributed by atoms with Crippen molar-refractivity contribution in [1.82, 2.24) is 0 Å². The van der Waals surface area contributed by atoms with Gasteiger partial charge in [0.05, 0.1) is 0 Å². The molecule has 0 radical (unpaired) electrons. The van der Waals surface area contributed by atoms with Crippen LogP contribution < -0.4 is 0 Å². The van der Waals surface area contributed by atoms with E-state index in [4.69, 9.17) is 0 Å². The van der Waals surface area contributed by atoms with Crippen molar-refractivity contribution >= 4 is 16.6 Å². The van der Waals surface area contributed by atoms with Gasteiger partial charge in [-0.25, -0.2) is 0 Å². The van der Waals surface area contributed by atoms with Gasteiger partial charge in [0.25, 0.3) is 0 Å². The van der Waals surface area contributed by atoms with Crippen LogP contribution >= 0.6 is 0 Å². The normalized spacial score (nSPS) is 13.4. The number of phenolic OH excluding ortho intramolecular Hbond substituents is 2. The van der Waals surface area contributed by atoms with Crippen LogP contribution in [0.3, 0.4) is 0 Å². The molecular formula is C25H18O3. The third-order valence-electron chi connectivity index (χ3n) is 5.77. The summed E-state index contributed by atoms with van der Waals surface area (Å²) < 4.78 is 0. The number of rotatable bonds is 1. The van der Waals surface area contributed by atoms with Gasteiger partial charge < -0.3 is 10.2 Å². The van der Waals surface area contributed by atoms with Crippen LogP contribution in [0, 0.1) is 6.92 Å². The topological polar surface area (TPSA) is 57.5 Å². The van der Waals surface area contributed by atoms with Gasteiger partial charge in [-0.15, -0.1) is 0 Å². The molecule has 3 nitrogen and oxygen atoms in total. The predicted octanol–water partition coefficient (Wildman–Crippen LogP) is 5.28. The Labute approximate surface area is 162 Å². The molecule has 28 heavy (non-hydrogen) atoms. The highest BCUT2D eigenvalue weighted by atomic mass is 16.3. The number of carbonyl (C=O) groups is 1. The number of carbonyl (C=O) groups excluding carboxylic acids is 1. The molecule has 0 unspecified atom stereocenters. The number of benzene rings is 4. The van der Waals surface area contributed by atoms with Gasteiger partial charge in [0, 0.05) is 33.4 Å². The van der Waals surface area contributed by atoms with E-state index in [2.05, 4.69) is 0 Å². The first kappa shape index (κ1) is 16.6. The second-order valence-electron chi connectivity index (χ2n) is 7.22. The van der Waals surface area contributed by atoms with E-state index in [9.17, 15) is 15.0 Å². The summed E-state index contributed by atoms with van der Waals surface area (Å²) in [5, 5.41) is 23.3. The average Bonchev–Trinajstić information content (AvgIpc) is 2.74. The van der Waals surface area contributed by atoms with Crippen molar-refractivity contribution in [3.8, 4) is 11.5 Å². The van der Waals surface area contributed by atoms with Crippen molar-refractivity contribution in [2.45, 2.75) is 12.8 Å². The molecule has 0 aromatic heterocycles. The van der Waals surface area contributed by atoms with Crippen LogP contribution in [0.4, 0.5) is 0 Å². The van der Waals surface area contributed by atoms with Gasteiger partial charge in [-0.1, -0.05) is 72.8 Å². The van der Waals surface area contributed by atoms with E-state index in [1.54, 1.807) is 12.1 Å². The Bertz CT molecular complexity index is 1220. The molecule has 3 heteroatoms. The highest BCUT2D eigenvalue weighted by Gasteiger charge is 2.35. The molecule has 0 aliphatic heterocycles. The zero-order chi connectivity index (χ0) is 19.4. The molecule has 1 aliphatic rings. The van der Waals surface area contributed by atoms with Crippen molar-refractivity contribution < 1.29 is 15.0 Å². The standard InChI is InChI=1S/C25H18O3/c1-14-21(25(28)20-13-7-6-12-19(20)23(14)26)22-15-8-2-4-10-17(15)24(27)18-11-5-3-9-16(18)22/h2-13,22,26,28H,1H3. The van der Waals surface area contributed by atoms with Crippen LogP contribution in [0.1, 0.15) is 44.1 Å². The monoisotopic (exact) mass is 366 g/mol. The average molecular weight is 366 g/mol. The molecule has 4 aromatic rings. The number of hydrogen-bond acceptors (Lipinski definition) is 3. The van der Waals surface area contributed by atoms with Gasteiger partial charge in [0.2, 0.25) is 0 Å². The van der Waals surface area contributed by atoms with Gasteiger partial charge in [-0.2, -0.15) is 0 Å². The Kier molecular flexibility index (Phi) is 3.53. The predicted molar refractivity (Wildman–Crippen MR) is 109 cm³/mol. The molecule has 4 aromatic carbocycles. The van der Waals surface area contributed by atoms with E-state index < -0.39 is 0 Å². The first-order valence-electron chi connectivity index (χ1n) is 9.25. The highest BCUT2D eigenvalue weighted by Crippen LogP contribution is 2.49. The van der Waals surface area contributed by atoms with Gasteiger partial charge in [-0.05, 0) is 23.6 Å². The molecular weight excluding hydrogens is 348 g/mol. The molecule has 0 bridgehead atoms. The van der Waals surface area contributed by atoms with Gasteiger partial charge in [-0.3, -0.25) is 4.79 Å². The maximum absolute atomic E-state index is 13.0. The maximum Gasteiger partial charge on any atom is 0.193 e. The summed E-state index contributed by atoms with van der Waals surface area (Å²) >= 11 is 0. The summed E-state index contributed by atoms with van der Waals surface area (Å²) in [5.74, 6) is -0.0321. The molecule has 0 saturated carbocycles. The fraction of sp³-hybridized carbons (Fsp3) is 0.0800. The highest BCUT2D eigenvalue weighted by molar-refractivity contribution is 6.13. The van der Waals surface area contributed by atoms with Crippen LogP contribution in [-0.2, 0) is 0 Å². The quantitative estimate of drug-likeness (QED) is 0.397. The fourth-order valence-corrected chi connectivity index (χ4v) is 4.44. The second kappa shape index (κ2) is 5.96. The SMILES string of the molecule is Cc1c(C2c3ccccc3C(=O)c3ccccc32)c(O)c2ccccc2c1O. The van der Waals surface area contributed by atoms with Gasteiger partial charge in [0.15, 0.2) is 5.78 Å². The summed E-state index contributed by atoms with van der Waals surface area (Å²) in [6, 6.07) is 22.3. The first-order valence-corrected chi connectivity index (χ1v) is 9.25. The number of ketones is 1. The molecule has 2 N–H and O–H groups in total. The van der Waals surface area contributed by atoms with E-state index in [0.29, 0.717) is 33.0 Å². The van der Waals surface area contributed by atoms with Crippen molar-refractivity contribution in [2.75, 3.05) is 0 Å². The molecule has 0 heterocycles. The molecule has 0 atom stereocenters. The van der Waals surface area contributed by atoms with Crippen LogP contribution in [0.2, 0.25) is 0 Å². The second-order valence-corrected chi connectivity index (χ2v) is 7.22. The zero-order valence-corrected chi connectivity index (χ0v) is 15.3. The Morgan fingerprint density at radius 2 is 1.14 bits per heavy atom. The van der Waals surface area contributed by atoms with Crippen LogP contribution in [0.5, 0.6) is 11.5 Å². The lowest BCUT2D eigenvalue weighted by Gasteiger charge is -2.30. The minimum atomic E-state index is -0.333. The van der Waals surface area contributed by atoms with E-state index in [0.717, 1.165) is 11.1 Å². The minimum Gasteiger partial charge on any atom is -0.507 e. The summed E-state index contributed by atoms with van der Waals surface area (Å²) in [5.41, 5.74) is 4.23. The number of fused-ring (bicyclic) bond motifs is 3. The molecule has 0 spiro atoms. The van der Waals surface area contributed by atoms with Gasteiger partial charge in [0.1, 0.15) is 11.5 Å². The number of aromatic hydroxyl groups is 2. The molecule has 0 amide bonds. The van der Waals surface area contributed by atoms with E-state index >= 15 is 0 Å². The zero-order valence-electron chi connectivity index (χ0n) is 15.3. The van der Waals surface area contributed by atoms with Crippen LogP contribution in [0.15, 0.2) is 72.8 Å². The van der Waals surface area contributed by atoms with Crippen LogP contribution in [-0.4, -0.2) is 16.0 Å². The summed E-state index contributed by atoms with van der Waals surface area (Å²) in [6.07, 6.45) is 0. The Morgan fingerprint density at radius 1 is 0.679 bits per heavy atom. The molecule has 1 aliphatic carbocycles. The molecule has 0 fully saturated rings. The Hall–Kier alpha value is -3.59. The number of hydrogen-bond donors (Lipinski definition) is 2. The summed E-state index contributed by atoms with van der Waals surface area (Å²) in [6.45, 7) is 1.82. The lowest BCUT2D eigenvalue weighted by Crippen LogP contribution is -2.21. The van der Waals surface area contributed by atoms with E-state index in [1.165, 1.54) is 0 Å². The van der Waals surface area contributed by atoms with Gasteiger partial charge >= 0.3 is 0 Å². The molecule has 136 valence electrons. The molecule has 5 rings (SSSR count). The largest absolute Gasteiger partial charge is 0.507 e. The third-order valence-corrected chi connectivity index (χ3v) is 5.77. The summed E-state index contributed by atoms with van der Waals surface area (Å²) in [7, 11) is 0. The number of phenols is 2. The van der Waals surface area contributed by atoms with Crippen molar-refractivity contribution in [1.29, 1.82) is 0 Å². The Morgan fingerprint density at radius 3 is 1.71 bits per heavy atom. The lowest BCUT2D eigenvalue weighted by atomic mass is 9.72. The van der Waals surface area contributed by atoms with E-state index in [-0.39, 0.29) is 23.2 Å². The smallest absolute Gasteiger partial charge is 0.193 e. The van der Waals surface area contributed by atoms with Crippen molar-refractivity contribution in [3.63, 3.8) is 0 Å². The van der Waals surface area contributed by atoms with Crippen molar-refractivity contribution in [2.24, 2.45) is 0 Å². The molecule has 0 saturated heterocycles. The lowest BCUT2D eigenvalue weighted by molar-refractivity contribution is 0.103. The minimum absolute atomic E-state index is 0.00963. The Balaban J connectivity index is 1.91. The summed E-state index contributed by atoms with van der Waals surface area (Å²) in [4.78, 5) is 13.0. The first-order chi connectivity index (χ1) is 13.6. The van der Waals surface area contributed by atoms with E-state index in [1.807, 2.05) is 67.6 Å². The maximum atomic E-state index is 13.0. The van der Waals surface area contributed by atoms with Crippen LogP contribution in [0.25, 0.3) is 10.8 Å².